The first-order valence-corrected chi connectivity index (χ1v) is 4.83. The van der Waals surface area contributed by atoms with E-state index in [9.17, 15) is 0 Å². The summed E-state index contributed by atoms with van der Waals surface area (Å²) in [7, 11) is 0. The van der Waals surface area contributed by atoms with E-state index < -0.39 is 0 Å². The van der Waals surface area contributed by atoms with Crippen LogP contribution in [0, 0.1) is 5.92 Å². The van der Waals surface area contributed by atoms with E-state index in [4.69, 9.17) is 15.2 Å². The topological polar surface area (TPSA) is 44.5 Å². The van der Waals surface area contributed by atoms with Gasteiger partial charge >= 0.3 is 0 Å². The summed E-state index contributed by atoms with van der Waals surface area (Å²) in [5.74, 6) is 0.535. The Labute approximate surface area is 73.2 Å². The zero-order chi connectivity index (χ0) is 8.44. The van der Waals surface area contributed by atoms with Crippen molar-refractivity contribution in [2.45, 2.75) is 31.5 Å². The number of rotatable bonds is 2. The molecule has 0 amide bonds. The Morgan fingerprint density at radius 1 is 1.33 bits per heavy atom. The molecule has 2 aliphatic rings. The third kappa shape index (κ3) is 1.49. The fraction of sp³-hybridized carbons (Fsp3) is 1.00. The normalized spacial score (nSPS) is 33.2. The summed E-state index contributed by atoms with van der Waals surface area (Å²) in [6.45, 7) is 2.34. The van der Waals surface area contributed by atoms with Gasteiger partial charge in [-0.15, -0.1) is 0 Å². The van der Waals surface area contributed by atoms with Crippen molar-refractivity contribution < 1.29 is 9.47 Å². The van der Waals surface area contributed by atoms with E-state index in [1.54, 1.807) is 0 Å². The molecule has 1 aliphatic heterocycles. The van der Waals surface area contributed by atoms with E-state index in [0.717, 1.165) is 44.9 Å². The van der Waals surface area contributed by atoms with Gasteiger partial charge in [-0.3, -0.25) is 0 Å². The van der Waals surface area contributed by atoms with Gasteiger partial charge in [0.15, 0.2) is 5.79 Å². The molecule has 3 heteroatoms. The summed E-state index contributed by atoms with van der Waals surface area (Å²) < 4.78 is 11.2. The van der Waals surface area contributed by atoms with Gasteiger partial charge in [-0.1, -0.05) is 0 Å². The van der Waals surface area contributed by atoms with Gasteiger partial charge in [0.2, 0.25) is 0 Å². The smallest absolute Gasteiger partial charge is 0.168 e. The molecule has 0 bridgehead atoms. The summed E-state index contributed by atoms with van der Waals surface area (Å²) in [6.07, 6.45) is 4.47. The quantitative estimate of drug-likeness (QED) is 0.670. The molecule has 0 aromatic carbocycles. The molecule has 1 atom stereocenters. The van der Waals surface area contributed by atoms with Gasteiger partial charge in [-0.2, -0.15) is 0 Å². The molecule has 1 unspecified atom stereocenters. The average molecular weight is 171 g/mol. The molecule has 70 valence electrons. The van der Waals surface area contributed by atoms with Crippen LogP contribution >= 0.6 is 0 Å². The van der Waals surface area contributed by atoms with Gasteiger partial charge in [0.1, 0.15) is 0 Å². The number of hydrogen-bond donors (Lipinski definition) is 1. The van der Waals surface area contributed by atoms with Gasteiger partial charge in [0.25, 0.3) is 0 Å². The van der Waals surface area contributed by atoms with E-state index in [0.29, 0.717) is 0 Å². The van der Waals surface area contributed by atoms with Crippen LogP contribution in [0.1, 0.15) is 25.7 Å². The summed E-state index contributed by atoms with van der Waals surface area (Å²) in [5.41, 5.74) is 5.51. The van der Waals surface area contributed by atoms with Gasteiger partial charge in [-0.25, -0.2) is 0 Å². The maximum Gasteiger partial charge on any atom is 0.168 e. The predicted molar refractivity (Wildman–Crippen MR) is 45.6 cm³/mol. The molecule has 1 spiro atoms. The van der Waals surface area contributed by atoms with E-state index in [1.165, 1.54) is 6.42 Å². The molecule has 1 heterocycles. The van der Waals surface area contributed by atoms with Crippen molar-refractivity contribution in [3.8, 4) is 0 Å². The summed E-state index contributed by atoms with van der Waals surface area (Å²) in [6, 6.07) is 0. The van der Waals surface area contributed by atoms with Crippen LogP contribution in [0.15, 0.2) is 0 Å². The third-order valence-electron chi connectivity index (χ3n) is 2.92. The van der Waals surface area contributed by atoms with Gasteiger partial charge in [-0.05, 0) is 25.3 Å². The van der Waals surface area contributed by atoms with Crippen molar-refractivity contribution in [2.75, 3.05) is 19.8 Å². The van der Waals surface area contributed by atoms with Crippen LogP contribution < -0.4 is 5.73 Å². The number of nitrogens with two attached hydrogens (primary N) is 1. The maximum atomic E-state index is 5.61. The third-order valence-corrected chi connectivity index (χ3v) is 2.92. The molecule has 2 rings (SSSR count). The lowest BCUT2D eigenvalue weighted by Gasteiger charge is -2.21. The highest BCUT2D eigenvalue weighted by Crippen LogP contribution is 2.41. The van der Waals surface area contributed by atoms with Crippen LogP contribution in [0.2, 0.25) is 0 Å². The van der Waals surface area contributed by atoms with Crippen molar-refractivity contribution in [1.82, 2.24) is 0 Å². The molecule has 0 aromatic heterocycles. The zero-order valence-corrected chi connectivity index (χ0v) is 7.42. The molecular weight excluding hydrogens is 154 g/mol. The largest absolute Gasteiger partial charge is 0.348 e. The Bertz CT molecular complexity index is 155. The minimum Gasteiger partial charge on any atom is -0.348 e. The maximum absolute atomic E-state index is 5.61. The first kappa shape index (κ1) is 8.48. The van der Waals surface area contributed by atoms with Crippen molar-refractivity contribution >= 4 is 0 Å². The average Bonchev–Trinajstić information content (AvgIpc) is 2.65. The van der Waals surface area contributed by atoms with Crippen molar-refractivity contribution in [3.63, 3.8) is 0 Å². The summed E-state index contributed by atoms with van der Waals surface area (Å²) in [4.78, 5) is 0. The SMILES string of the molecule is NCCC1CCC2(C1)OCCO2. The first-order chi connectivity index (χ1) is 5.85. The Morgan fingerprint density at radius 3 is 2.75 bits per heavy atom. The molecule has 1 saturated carbocycles. The molecule has 1 aliphatic carbocycles. The van der Waals surface area contributed by atoms with Crippen LogP contribution in [0.5, 0.6) is 0 Å². The fourth-order valence-corrected chi connectivity index (χ4v) is 2.31. The van der Waals surface area contributed by atoms with E-state index in [2.05, 4.69) is 0 Å². The van der Waals surface area contributed by atoms with Crippen molar-refractivity contribution in [3.05, 3.63) is 0 Å². The minimum absolute atomic E-state index is 0.195. The van der Waals surface area contributed by atoms with Crippen LogP contribution in [-0.2, 0) is 9.47 Å². The van der Waals surface area contributed by atoms with Gasteiger partial charge in [0, 0.05) is 12.8 Å². The lowest BCUT2D eigenvalue weighted by atomic mass is 10.0. The van der Waals surface area contributed by atoms with E-state index in [-0.39, 0.29) is 5.79 Å². The number of ether oxygens (including phenoxy) is 2. The highest BCUT2D eigenvalue weighted by Gasteiger charge is 2.43. The molecule has 12 heavy (non-hydrogen) atoms. The van der Waals surface area contributed by atoms with Gasteiger partial charge < -0.3 is 15.2 Å². The van der Waals surface area contributed by atoms with Crippen LogP contribution in [0.3, 0.4) is 0 Å². The van der Waals surface area contributed by atoms with Crippen molar-refractivity contribution in [2.24, 2.45) is 11.7 Å². The van der Waals surface area contributed by atoms with E-state index >= 15 is 0 Å². The molecule has 2 N–H and O–H groups in total. The summed E-state index contributed by atoms with van der Waals surface area (Å²) in [5, 5.41) is 0. The molecule has 0 radical (unpaired) electrons. The van der Waals surface area contributed by atoms with Crippen molar-refractivity contribution in [1.29, 1.82) is 0 Å². The highest BCUT2D eigenvalue weighted by atomic mass is 16.7. The monoisotopic (exact) mass is 171 g/mol. The molecule has 0 aromatic rings. The minimum atomic E-state index is -0.195. The Kier molecular flexibility index (Phi) is 2.35. The predicted octanol–water partition coefficient (Wildman–Crippen LogP) is 0.878. The first-order valence-electron chi connectivity index (χ1n) is 4.83. The van der Waals surface area contributed by atoms with E-state index in [1.807, 2.05) is 0 Å². The molecule has 3 nitrogen and oxygen atoms in total. The number of hydrogen-bond acceptors (Lipinski definition) is 3. The summed E-state index contributed by atoms with van der Waals surface area (Å²) >= 11 is 0. The second-order valence-corrected chi connectivity index (χ2v) is 3.79. The highest BCUT2D eigenvalue weighted by molar-refractivity contribution is 4.85. The Balaban J connectivity index is 1.88. The van der Waals surface area contributed by atoms with Gasteiger partial charge in [0.05, 0.1) is 13.2 Å². The standard InChI is InChI=1S/C9H17NO2/c10-4-2-8-1-3-9(7-8)11-5-6-12-9/h8H,1-7,10H2. The molecule has 1 saturated heterocycles. The lowest BCUT2D eigenvalue weighted by molar-refractivity contribution is -0.152. The van der Waals surface area contributed by atoms with Crippen LogP contribution in [-0.4, -0.2) is 25.5 Å². The Morgan fingerprint density at radius 2 is 2.08 bits per heavy atom. The molecular formula is C9H17NO2. The second-order valence-electron chi connectivity index (χ2n) is 3.79. The fourth-order valence-electron chi connectivity index (χ4n) is 2.31. The second kappa shape index (κ2) is 3.32. The Hall–Kier alpha value is -0.120. The van der Waals surface area contributed by atoms with Crippen LogP contribution in [0.4, 0.5) is 0 Å². The molecule has 2 fully saturated rings. The lowest BCUT2D eigenvalue weighted by Crippen LogP contribution is -2.26. The zero-order valence-electron chi connectivity index (χ0n) is 7.42. The van der Waals surface area contributed by atoms with Crippen LogP contribution in [0.25, 0.3) is 0 Å².